The molecule has 154 valence electrons. The normalized spacial score (nSPS) is 19.4. The lowest BCUT2D eigenvalue weighted by Gasteiger charge is -2.35. The molecule has 8 heteroatoms. The largest absolute Gasteiger partial charge is 0.359 e. The maximum Gasteiger partial charge on any atom is 0.225 e. The molecule has 3 heterocycles. The summed E-state index contributed by atoms with van der Waals surface area (Å²) in [5, 5.41) is 10.4. The van der Waals surface area contributed by atoms with Crippen LogP contribution in [0, 0.1) is 18.3 Å². The zero-order valence-electron chi connectivity index (χ0n) is 16.9. The van der Waals surface area contributed by atoms with E-state index >= 15 is 0 Å². The zero-order chi connectivity index (χ0) is 21.1. The Hall–Kier alpha value is -3.41. The third kappa shape index (κ3) is 3.99. The monoisotopic (exact) mass is 403 g/mol. The van der Waals surface area contributed by atoms with E-state index in [1.54, 1.807) is 7.05 Å². The van der Waals surface area contributed by atoms with Crippen LogP contribution in [0.25, 0.3) is 5.52 Å². The SMILES string of the molecule is C#Cc1cccc(Nc2ncnn3ccc(CN4CC[C@@H](N)[C@@H](C(=O)NC)C4)c23)c1. The lowest BCUT2D eigenvalue weighted by molar-refractivity contribution is -0.126. The quantitative estimate of drug-likeness (QED) is 0.556. The van der Waals surface area contributed by atoms with Crippen LogP contribution in [0.4, 0.5) is 11.5 Å². The highest BCUT2D eigenvalue weighted by Gasteiger charge is 2.31. The first-order valence-corrected chi connectivity index (χ1v) is 9.93. The molecule has 0 radical (unpaired) electrons. The molecule has 1 aromatic carbocycles. The number of hydrogen-bond donors (Lipinski definition) is 3. The van der Waals surface area contributed by atoms with Crippen LogP contribution >= 0.6 is 0 Å². The van der Waals surface area contributed by atoms with Gasteiger partial charge in [-0.25, -0.2) is 9.50 Å². The lowest BCUT2D eigenvalue weighted by atomic mass is 9.92. The summed E-state index contributed by atoms with van der Waals surface area (Å²) in [5.74, 6) is 3.13. The van der Waals surface area contributed by atoms with Crippen LogP contribution in [0.15, 0.2) is 42.9 Å². The number of amides is 1. The molecule has 2 aromatic heterocycles. The predicted molar refractivity (Wildman–Crippen MR) is 116 cm³/mol. The highest BCUT2D eigenvalue weighted by molar-refractivity contribution is 5.79. The first kappa shape index (κ1) is 19.9. The number of carbonyl (C=O) groups excluding carboxylic acids is 1. The molecule has 4 N–H and O–H groups in total. The van der Waals surface area contributed by atoms with Crippen molar-refractivity contribution in [2.45, 2.75) is 19.0 Å². The number of nitrogens with zero attached hydrogens (tertiary/aromatic N) is 4. The topological polar surface area (TPSA) is 101 Å². The van der Waals surface area contributed by atoms with Gasteiger partial charge < -0.3 is 16.4 Å². The number of likely N-dealkylation sites (tertiary alicyclic amines) is 1. The minimum Gasteiger partial charge on any atom is -0.359 e. The molecule has 1 saturated heterocycles. The van der Waals surface area contributed by atoms with Gasteiger partial charge in [0.25, 0.3) is 0 Å². The first-order chi connectivity index (χ1) is 14.6. The number of hydrogen-bond acceptors (Lipinski definition) is 6. The Bertz CT molecular complexity index is 1100. The molecule has 1 fully saturated rings. The number of nitrogens with two attached hydrogens (primary N) is 1. The molecule has 3 aromatic rings. The molecule has 0 aliphatic carbocycles. The van der Waals surface area contributed by atoms with Crippen molar-refractivity contribution in [3.8, 4) is 12.3 Å². The summed E-state index contributed by atoms with van der Waals surface area (Å²) in [4.78, 5) is 18.9. The summed E-state index contributed by atoms with van der Waals surface area (Å²) in [6, 6.07) is 9.56. The summed E-state index contributed by atoms with van der Waals surface area (Å²) in [6.07, 6.45) is 9.74. The van der Waals surface area contributed by atoms with Crippen LogP contribution < -0.4 is 16.4 Å². The van der Waals surface area contributed by atoms with Crippen LogP contribution in [-0.4, -0.2) is 51.6 Å². The van der Waals surface area contributed by atoms with Crippen molar-refractivity contribution in [3.63, 3.8) is 0 Å². The minimum atomic E-state index is -0.210. The lowest BCUT2D eigenvalue weighted by Crippen LogP contribution is -2.52. The maximum absolute atomic E-state index is 12.2. The second-order valence-electron chi connectivity index (χ2n) is 7.50. The fourth-order valence-electron chi connectivity index (χ4n) is 3.95. The van der Waals surface area contributed by atoms with E-state index in [9.17, 15) is 4.79 Å². The molecule has 30 heavy (non-hydrogen) atoms. The number of rotatable bonds is 5. The standard InChI is InChI=1S/C22H25N7O/c1-3-15-5-4-6-17(11-15)27-21-20-16(7-10-29(20)26-14-25-21)12-28-9-8-19(23)18(13-28)22(30)24-2/h1,4-7,10-11,14,18-19H,8-9,12-13,23H2,2H3,(H,24,30)(H,25,26,27)/t18-,19+/m0/s1. The molecule has 1 amide bonds. The minimum absolute atomic E-state index is 0.00646. The van der Waals surface area contributed by atoms with Crippen molar-refractivity contribution in [3.05, 3.63) is 54.0 Å². The summed E-state index contributed by atoms with van der Waals surface area (Å²) >= 11 is 0. The Labute approximate surface area is 175 Å². The van der Waals surface area contributed by atoms with E-state index in [2.05, 4.69) is 31.5 Å². The van der Waals surface area contributed by atoms with Crippen LogP contribution in [0.1, 0.15) is 17.5 Å². The number of terminal acetylenes is 1. The van der Waals surface area contributed by atoms with Gasteiger partial charge in [-0.3, -0.25) is 9.69 Å². The maximum atomic E-state index is 12.2. The third-order valence-electron chi connectivity index (χ3n) is 5.56. The number of carbonyl (C=O) groups is 1. The number of aromatic nitrogens is 3. The van der Waals surface area contributed by atoms with E-state index in [4.69, 9.17) is 12.2 Å². The highest BCUT2D eigenvalue weighted by Crippen LogP contribution is 2.26. The Balaban J connectivity index is 1.59. The molecule has 2 atom stereocenters. The molecule has 0 bridgehead atoms. The first-order valence-electron chi connectivity index (χ1n) is 9.93. The average molecular weight is 403 g/mol. The van der Waals surface area contributed by atoms with E-state index in [0.29, 0.717) is 18.9 Å². The second-order valence-corrected chi connectivity index (χ2v) is 7.50. The Morgan fingerprint density at radius 2 is 2.27 bits per heavy atom. The van der Waals surface area contributed by atoms with Gasteiger partial charge in [0.1, 0.15) is 11.8 Å². The Morgan fingerprint density at radius 3 is 3.07 bits per heavy atom. The molecular formula is C22H25N7O. The van der Waals surface area contributed by atoms with Gasteiger partial charge in [-0.2, -0.15) is 5.10 Å². The highest BCUT2D eigenvalue weighted by atomic mass is 16.1. The van der Waals surface area contributed by atoms with Gasteiger partial charge in [0.05, 0.1) is 5.92 Å². The molecule has 4 rings (SSSR count). The van der Waals surface area contributed by atoms with Gasteiger partial charge in [0, 0.05) is 50.2 Å². The number of benzene rings is 1. The van der Waals surface area contributed by atoms with Crippen molar-refractivity contribution in [1.29, 1.82) is 0 Å². The van der Waals surface area contributed by atoms with Crippen LogP contribution in [-0.2, 0) is 11.3 Å². The van der Waals surface area contributed by atoms with Gasteiger partial charge in [0.2, 0.25) is 5.91 Å². The van der Waals surface area contributed by atoms with Crippen LogP contribution in [0.3, 0.4) is 0 Å². The molecular weight excluding hydrogens is 378 g/mol. The number of anilines is 2. The summed E-state index contributed by atoms with van der Waals surface area (Å²) in [5.41, 5.74) is 9.82. The summed E-state index contributed by atoms with van der Waals surface area (Å²) < 4.78 is 1.81. The molecule has 0 unspecified atom stereocenters. The Morgan fingerprint density at radius 1 is 1.40 bits per heavy atom. The van der Waals surface area contributed by atoms with Crippen molar-refractivity contribution in [1.82, 2.24) is 24.8 Å². The van der Waals surface area contributed by atoms with Crippen LogP contribution in [0.5, 0.6) is 0 Å². The van der Waals surface area contributed by atoms with Crippen molar-refractivity contribution < 1.29 is 4.79 Å². The van der Waals surface area contributed by atoms with Crippen molar-refractivity contribution >= 4 is 22.9 Å². The molecule has 1 aliphatic rings. The van der Waals surface area contributed by atoms with Gasteiger partial charge in [-0.1, -0.05) is 12.0 Å². The number of fused-ring (bicyclic) bond motifs is 1. The smallest absolute Gasteiger partial charge is 0.225 e. The fraction of sp³-hybridized carbons (Fsp3) is 0.318. The number of nitrogens with one attached hydrogen (secondary N) is 2. The summed E-state index contributed by atoms with van der Waals surface area (Å²) in [6.45, 7) is 2.15. The average Bonchev–Trinajstić information content (AvgIpc) is 3.18. The molecule has 8 nitrogen and oxygen atoms in total. The number of piperidine rings is 1. The Kier molecular flexibility index (Phi) is 5.65. The van der Waals surface area contributed by atoms with E-state index in [-0.39, 0.29) is 17.9 Å². The van der Waals surface area contributed by atoms with Gasteiger partial charge in [0.15, 0.2) is 5.82 Å². The zero-order valence-corrected chi connectivity index (χ0v) is 16.9. The molecule has 1 aliphatic heterocycles. The fourth-order valence-corrected chi connectivity index (χ4v) is 3.95. The molecule has 0 saturated carbocycles. The van der Waals surface area contributed by atoms with Gasteiger partial charge in [-0.05, 0) is 36.2 Å². The van der Waals surface area contributed by atoms with E-state index in [0.717, 1.165) is 35.3 Å². The van der Waals surface area contributed by atoms with Crippen LogP contribution in [0.2, 0.25) is 0 Å². The van der Waals surface area contributed by atoms with Crippen molar-refractivity contribution in [2.24, 2.45) is 11.7 Å². The van der Waals surface area contributed by atoms with E-state index in [1.165, 1.54) is 6.33 Å². The van der Waals surface area contributed by atoms with Crippen molar-refractivity contribution in [2.75, 3.05) is 25.5 Å². The molecule has 0 spiro atoms. The van der Waals surface area contributed by atoms with Gasteiger partial charge in [-0.15, -0.1) is 6.42 Å². The summed E-state index contributed by atoms with van der Waals surface area (Å²) in [7, 11) is 1.65. The van der Waals surface area contributed by atoms with E-state index < -0.39 is 0 Å². The second kappa shape index (κ2) is 8.53. The van der Waals surface area contributed by atoms with Gasteiger partial charge >= 0.3 is 0 Å². The predicted octanol–water partition coefficient (Wildman–Crippen LogP) is 1.35. The van der Waals surface area contributed by atoms with E-state index in [1.807, 2.05) is 41.0 Å². The third-order valence-corrected chi connectivity index (χ3v) is 5.56.